The molecule has 0 atom stereocenters. The van der Waals surface area contributed by atoms with Crippen molar-refractivity contribution in [3.05, 3.63) is 48.3 Å². The molecule has 1 aromatic carbocycles. The zero-order valence-electron chi connectivity index (χ0n) is 10.7. The zero-order chi connectivity index (χ0) is 12.8. The predicted octanol–water partition coefficient (Wildman–Crippen LogP) is 1.37. The van der Waals surface area contributed by atoms with E-state index in [0.717, 1.165) is 17.9 Å². The molecule has 1 aromatic heterocycles. The fourth-order valence-electron chi connectivity index (χ4n) is 1.61. The summed E-state index contributed by atoms with van der Waals surface area (Å²) in [6.45, 7) is 1.42. The van der Waals surface area contributed by atoms with Crippen LogP contribution in [0.3, 0.4) is 0 Å². The minimum Gasteiger partial charge on any atom is -0.381 e. The van der Waals surface area contributed by atoms with Gasteiger partial charge in [0.15, 0.2) is 0 Å². The highest BCUT2D eigenvalue weighted by Crippen LogP contribution is 2.07. The molecule has 0 aliphatic heterocycles. The zero-order valence-corrected chi connectivity index (χ0v) is 10.7. The third-order valence-corrected chi connectivity index (χ3v) is 2.59. The van der Waals surface area contributed by atoms with Crippen LogP contribution in [0.1, 0.15) is 0 Å². The Kier molecular flexibility index (Phi) is 4.12. The maximum atomic E-state index is 5.07. The third kappa shape index (κ3) is 2.97. The van der Waals surface area contributed by atoms with Crippen LogP contribution >= 0.6 is 0 Å². The molecule has 94 valence electrons. The van der Waals surface area contributed by atoms with E-state index in [4.69, 9.17) is 4.74 Å². The molecule has 0 amide bonds. The van der Waals surface area contributed by atoms with Crippen LogP contribution in [0.4, 0.5) is 5.69 Å². The van der Waals surface area contributed by atoms with E-state index in [-0.39, 0.29) is 0 Å². The highest BCUT2D eigenvalue weighted by atomic mass is 16.5. The quantitative estimate of drug-likeness (QED) is 0.592. The van der Waals surface area contributed by atoms with Crippen molar-refractivity contribution in [1.29, 1.82) is 0 Å². The molecule has 18 heavy (non-hydrogen) atoms. The van der Waals surface area contributed by atoms with E-state index in [0.29, 0.717) is 6.61 Å². The largest absolute Gasteiger partial charge is 0.478 e. The van der Waals surface area contributed by atoms with Crippen molar-refractivity contribution in [2.24, 2.45) is 12.2 Å². The molecule has 2 aromatic rings. The van der Waals surface area contributed by atoms with Gasteiger partial charge in [0.2, 0.25) is 0 Å². The number of hydrogen-bond donors (Lipinski definition) is 0. The van der Waals surface area contributed by atoms with Crippen LogP contribution < -0.4 is 5.62 Å². The van der Waals surface area contributed by atoms with Crippen LogP contribution in [0, 0.1) is 0 Å². The predicted molar refractivity (Wildman–Crippen MR) is 67.2 cm³/mol. The van der Waals surface area contributed by atoms with E-state index in [1.165, 1.54) is 0 Å². The molecular weight excluding hydrogens is 228 g/mol. The van der Waals surface area contributed by atoms with Crippen LogP contribution in [0.5, 0.6) is 0 Å². The van der Waals surface area contributed by atoms with Crippen molar-refractivity contribution in [2.45, 2.75) is 6.54 Å². The first-order valence-electron chi connectivity index (χ1n) is 5.82. The number of ether oxygens (including phenoxy) is 1. The monoisotopic (exact) mass is 245 g/mol. The average molecular weight is 245 g/mol. The highest BCUT2D eigenvalue weighted by molar-refractivity contribution is 5.33. The highest BCUT2D eigenvalue weighted by Gasteiger charge is 2.06. The lowest BCUT2D eigenvalue weighted by Crippen LogP contribution is -2.26. The number of aryl methyl sites for hydroxylation is 1. The summed E-state index contributed by atoms with van der Waals surface area (Å²) in [6, 6.07) is 9.69. The molecular formula is C13H17N4O+. The summed E-state index contributed by atoms with van der Waals surface area (Å²) in [5, 5.41) is 4.22. The molecule has 0 bridgehead atoms. The molecule has 0 fully saturated rings. The number of benzene rings is 1. The molecule has 0 unspecified atom stereocenters. The molecule has 0 aliphatic carbocycles. The number of hydrogen-bond acceptors (Lipinski definition) is 2. The number of rotatable bonds is 4. The van der Waals surface area contributed by atoms with Crippen LogP contribution in [-0.2, 0) is 18.3 Å². The van der Waals surface area contributed by atoms with Crippen molar-refractivity contribution in [3.8, 4) is 0 Å². The molecule has 0 radical (unpaired) electrons. The van der Waals surface area contributed by atoms with Crippen molar-refractivity contribution in [1.82, 2.24) is 9.13 Å². The maximum Gasteiger partial charge on any atom is 0.478 e. The second-order valence-electron chi connectivity index (χ2n) is 3.93. The average Bonchev–Trinajstić information content (AvgIpc) is 2.76. The Labute approximate surface area is 106 Å². The summed E-state index contributed by atoms with van der Waals surface area (Å²) >= 11 is 0. The third-order valence-electron chi connectivity index (χ3n) is 2.59. The standard InChI is InChI=1S/C13H17N4O/c1-16-8-9-17(10-11-18-2)13(16)15-14-12-6-4-3-5-7-12/h3-9H,10-11H2,1-2H3/q+1. The van der Waals surface area contributed by atoms with Gasteiger partial charge >= 0.3 is 5.62 Å². The van der Waals surface area contributed by atoms with Crippen LogP contribution in [0.2, 0.25) is 0 Å². The van der Waals surface area contributed by atoms with Gasteiger partial charge in [0.1, 0.15) is 5.69 Å². The van der Waals surface area contributed by atoms with Gasteiger partial charge in [-0.2, -0.15) is 0 Å². The van der Waals surface area contributed by atoms with Crippen LogP contribution in [0.25, 0.3) is 0 Å². The lowest BCUT2D eigenvalue weighted by Gasteiger charge is -1.93. The molecule has 0 aliphatic rings. The maximum absolute atomic E-state index is 5.07. The molecule has 0 N–H and O–H groups in total. The number of nitrogens with zero attached hydrogens (tertiary/aromatic N) is 4. The normalized spacial score (nSPS) is 10.1. The van der Waals surface area contributed by atoms with Crippen LogP contribution in [-0.4, -0.2) is 27.6 Å². The van der Waals surface area contributed by atoms with E-state index in [2.05, 4.69) is 9.90 Å². The van der Waals surface area contributed by atoms with E-state index in [1.807, 2.05) is 58.9 Å². The Morgan fingerprint density at radius 3 is 2.72 bits per heavy atom. The summed E-state index contributed by atoms with van der Waals surface area (Å²) in [5.74, 6) is 0. The molecule has 2 rings (SSSR count). The molecule has 0 saturated carbocycles. The molecule has 1 heterocycles. The van der Waals surface area contributed by atoms with Gasteiger partial charge in [0.25, 0.3) is 0 Å². The molecule has 5 nitrogen and oxygen atoms in total. The van der Waals surface area contributed by atoms with Gasteiger partial charge in [-0.1, -0.05) is 18.2 Å². The summed E-state index contributed by atoms with van der Waals surface area (Å²) in [5.41, 5.74) is 1.65. The summed E-state index contributed by atoms with van der Waals surface area (Å²) in [6.07, 6.45) is 3.92. The summed E-state index contributed by atoms with van der Waals surface area (Å²) in [7, 11) is 3.64. The van der Waals surface area contributed by atoms with Gasteiger partial charge < -0.3 is 4.74 Å². The minimum atomic E-state index is 0.655. The second-order valence-corrected chi connectivity index (χ2v) is 3.93. The summed E-state index contributed by atoms with van der Waals surface area (Å²) in [4.78, 5) is 4.28. The van der Waals surface area contributed by atoms with E-state index in [9.17, 15) is 0 Å². The first-order chi connectivity index (χ1) is 8.81. The van der Waals surface area contributed by atoms with Crippen molar-refractivity contribution >= 4 is 5.69 Å². The van der Waals surface area contributed by atoms with Gasteiger partial charge in [-0.3, -0.25) is 0 Å². The van der Waals surface area contributed by atoms with Crippen LogP contribution in [0.15, 0.2) is 47.8 Å². The molecule has 5 heteroatoms. The van der Waals surface area contributed by atoms with E-state index < -0.39 is 0 Å². The Hall–Kier alpha value is -2.10. The number of methoxy groups -OCH3 is 1. The van der Waals surface area contributed by atoms with Gasteiger partial charge in [-0.25, -0.2) is 9.13 Å². The smallest absolute Gasteiger partial charge is 0.381 e. The van der Waals surface area contributed by atoms with E-state index in [1.54, 1.807) is 7.11 Å². The van der Waals surface area contributed by atoms with Crippen molar-refractivity contribution in [2.75, 3.05) is 13.7 Å². The fraction of sp³-hybridized carbons (Fsp3) is 0.308. The fourth-order valence-corrected chi connectivity index (χ4v) is 1.61. The Morgan fingerprint density at radius 1 is 1.22 bits per heavy atom. The Balaban J connectivity index is 2.37. The lowest BCUT2D eigenvalue weighted by molar-refractivity contribution is -0.152. The molecule has 0 saturated heterocycles. The first-order valence-corrected chi connectivity index (χ1v) is 5.82. The SMILES string of the molecule is COCCn1ccn(C)c1=[N+]=Nc1ccccc1. The van der Waals surface area contributed by atoms with Crippen molar-refractivity contribution in [3.63, 3.8) is 0 Å². The van der Waals surface area contributed by atoms with Gasteiger partial charge in [0, 0.05) is 7.11 Å². The topological polar surface area (TPSA) is 45.5 Å². The summed E-state index contributed by atoms with van der Waals surface area (Å²) < 4.78 is 9.01. The van der Waals surface area contributed by atoms with E-state index >= 15 is 0 Å². The Bertz CT molecular complexity index is 591. The first kappa shape index (κ1) is 12.4. The lowest BCUT2D eigenvalue weighted by atomic mass is 10.3. The number of imidazole rings is 1. The Morgan fingerprint density at radius 2 is 2.00 bits per heavy atom. The molecule has 0 spiro atoms. The second kappa shape index (κ2) is 6.00. The van der Waals surface area contributed by atoms with Gasteiger partial charge in [0.05, 0.1) is 32.6 Å². The van der Waals surface area contributed by atoms with Gasteiger partial charge in [-0.15, -0.1) is 4.79 Å². The number of aromatic nitrogens is 2. The minimum absolute atomic E-state index is 0.655. The van der Waals surface area contributed by atoms with Crippen molar-refractivity contribution < 1.29 is 9.53 Å². The van der Waals surface area contributed by atoms with Gasteiger partial charge in [-0.05, 0) is 17.2 Å².